The highest BCUT2D eigenvalue weighted by molar-refractivity contribution is 6.27. The Labute approximate surface area is 287 Å². The molecule has 6 aromatic rings. The summed E-state index contributed by atoms with van der Waals surface area (Å²) in [4.78, 5) is 0. The summed E-state index contributed by atoms with van der Waals surface area (Å²) < 4.78 is 2.60. The van der Waals surface area contributed by atoms with E-state index in [1.165, 1.54) is 136 Å². The molecule has 2 aromatic heterocycles. The van der Waals surface area contributed by atoms with Crippen molar-refractivity contribution in [3.63, 3.8) is 0 Å². The molecule has 0 spiro atoms. The fraction of sp³-hybridized carbons (Fsp3) is 0.435. The Morgan fingerprint density at radius 3 is 1.33 bits per heavy atom. The van der Waals surface area contributed by atoms with Crippen LogP contribution in [0.2, 0.25) is 0 Å². The summed E-state index contributed by atoms with van der Waals surface area (Å²) in [6.07, 6.45) is 12.9. The van der Waals surface area contributed by atoms with E-state index in [-0.39, 0.29) is 0 Å². The van der Waals surface area contributed by atoms with Crippen LogP contribution in [0, 0.1) is 60.2 Å². The maximum absolute atomic E-state index is 11.0. The van der Waals surface area contributed by atoms with Gasteiger partial charge in [0.15, 0.2) is 0 Å². The van der Waals surface area contributed by atoms with E-state index in [4.69, 9.17) is 0 Å². The number of rotatable bonds is 1. The molecule has 4 unspecified atom stereocenters. The Balaban J connectivity index is 1.33. The fourth-order valence-corrected chi connectivity index (χ4v) is 13.9. The van der Waals surface area contributed by atoms with Gasteiger partial charge in [0.05, 0.1) is 39.8 Å². The summed E-state index contributed by atoms with van der Waals surface area (Å²) >= 11 is 0. The Morgan fingerprint density at radius 1 is 0.510 bits per heavy atom. The minimum Gasteiger partial charge on any atom is -0.307 e. The molecular weight excluding hydrogens is 595 g/mol. The Hall–Kier alpha value is -4.34. The lowest BCUT2D eigenvalue weighted by Gasteiger charge is -2.38. The van der Waals surface area contributed by atoms with Crippen LogP contribution >= 0.6 is 0 Å². The summed E-state index contributed by atoms with van der Waals surface area (Å²) in [6.45, 7) is 4.50. The van der Waals surface area contributed by atoms with Gasteiger partial charge in [0.25, 0.3) is 0 Å². The molecule has 4 aromatic carbocycles. The molecule has 0 N–H and O–H groups in total. The highest BCUT2D eigenvalue weighted by Gasteiger charge is 2.47. The third kappa shape index (κ3) is 3.29. The first-order valence-corrected chi connectivity index (χ1v) is 19.3. The quantitative estimate of drug-likeness (QED) is 0.180. The molecule has 14 rings (SSSR count). The van der Waals surface area contributed by atoms with Crippen molar-refractivity contribution in [2.24, 2.45) is 23.7 Å². The zero-order valence-electron chi connectivity index (χ0n) is 28.6. The van der Waals surface area contributed by atoms with Gasteiger partial charge in [-0.05, 0) is 182 Å². The number of benzene rings is 4. The van der Waals surface area contributed by atoms with Crippen molar-refractivity contribution in [2.45, 2.75) is 102 Å². The first-order chi connectivity index (χ1) is 24.0. The molecular formula is C46H41N3. The van der Waals surface area contributed by atoms with Gasteiger partial charge in [-0.3, -0.25) is 0 Å². The van der Waals surface area contributed by atoms with Crippen LogP contribution < -0.4 is 0 Å². The molecule has 8 aliphatic rings. The lowest BCUT2D eigenvalue weighted by atomic mass is 9.67. The molecule has 4 atom stereocenters. The third-order valence-corrected chi connectivity index (χ3v) is 15.2. The predicted octanol–water partition coefficient (Wildman–Crippen LogP) is 11.6. The molecule has 0 saturated heterocycles. The van der Waals surface area contributed by atoms with Gasteiger partial charge in [-0.15, -0.1) is 0 Å². The standard InChI is InChI=1S/C46H41N3/c1-22-36(20-47)38-30-10-24-8-25(11-30)15-32(14-24)40(38)42-34-18-29(28-6-4-3-5-7-28)19-35-43-41-33-16-26-9-27(17-33)13-31(12-26)39(41)37(21-48)23(2)45(43)49(44(22)42)46(34)35/h3-7,18-19,24-27,30-33H,8-17H2,1-2H3. The molecule has 3 heteroatoms. The maximum atomic E-state index is 11.0. The topological polar surface area (TPSA) is 52.0 Å². The number of aromatic nitrogens is 1. The highest BCUT2D eigenvalue weighted by atomic mass is 14.9. The molecule has 240 valence electrons. The number of hydrogen-bond acceptors (Lipinski definition) is 2. The van der Waals surface area contributed by atoms with Crippen LogP contribution in [0.5, 0.6) is 0 Å². The van der Waals surface area contributed by atoms with E-state index in [1.807, 2.05) is 0 Å². The minimum absolute atomic E-state index is 0.503. The Morgan fingerprint density at radius 2 is 0.918 bits per heavy atom. The zero-order valence-corrected chi connectivity index (χ0v) is 28.6. The normalized spacial score (nSPS) is 30.6. The number of fused-ring (bicyclic) bond motifs is 6. The summed E-state index contributed by atoms with van der Waals surface area (Å²) in [6, 6.07) is 21.7. The fourth-order valence-electron chi connectivity index (χ4n) is 13.9. The minimum atomic E-state index is 0.503. The second-order valence-corrected chi connectivity index (χ2v) is 17.6. The summed E-state index contributed by atoms with van der Waals surface area (Å²) in [7, 11) is 0. The van der Waals surface area contributed by atoms with Crippen molar-refractivity contribution in [1.82, 2.24) is 4.40 Å². The number of nitrogens with zero attached hydrogens (tertiary/aromatic N) is 3. The van der Waals surface area contributed by atoms with Gasteiger partial charge < -0.3 is 4.40 Å². The molecule has 0 aliphatic heterocycles. The predicted molar refractivity (Wildman–Crippen MR) is 197 cm³/mol. The van der Waals surface area contributed by atoms with Crippen molar-refractivity contribution in [2.75, 3.05) is 0 Å². The van der Waals surface area contributed by atoms with E-state index in [0.717, 1.165) is 45.9 Å². The second-order valence-electron chi connectivity index (χ2n) is 17.6. The van der Waals surface area contributed by atoms with E-state index in [0.29, 0.717) is 23.7 Å². The van der Waals surface area contributed by atoms with Gasteiger partial charge in [-0.1, -0.05) is 30.3 Å². The molecule has 2 heterocycles. The second kappa shape index (κ2) is 9.25. The van der Waals surface area contributed by atoms with Gasteiger partial charge >= 0.3 is 0 Å². The number of hydrogen-bond donors (Lipinski definition) is 0. The summed E-state index contributed by atoms with van der Waals surface area (Å²) in [5.41, 5.74) is 16.5. The molecule has 0 amide bonds. The lowest BCUT2D eigenvalue weighted by Crippen LogP contribution is -2.25. The first kappa shape index (κ1) is 27.5. The van der Waals surface area contributed by atoms with Crippen molar-refractivity contribution in [1.29, 1.82) is 10.5 Å². The molecule has 49 heavy (non-hydrogen) atoms. The van der Waals surface area contributed by atoms with Crippen LogP contribution in [0.4, 0.5) is 0 Å². The molecule has 3 nitrogen and oxygen atoms in total. The molecule has 4 saturated carbocycles. The van der Waals surface area contributed by atoms with Crippen LogP contribution in [0.3, 0.4) is 0 Å². The van der Waals surface area contributed by atoms with Crippen molar-refractivity contribution in [3.8, 4) is 23.3 Å². The number of nitriles is 2. The number of aryl methyl sites for hydroxylation is 2. The maximum Gasteiger partial charge on any atom is 0.0998 e. The van der Waals surface area contributed by atoms with E-state index in [2.05, 4.69) is 72.9 Å². The summed E-state index contributed by atoms with van der Waals surface area (Å²) in [5.74, 6) is 5.21. The molecule has 8 aliphatic carbocycles. The molecule has 4 fully saturated rings. The van der Waals surface area contributed by atoms with E-state index in [1.54, 1.807) is 0 Å². The van der Waals surface area contributed by atoms with E-state index >= 15 is 0 Å². The summed E-state index contributed by atoms with van der Waals surface area (Å²) in [5, 5.41) is 27.6. The van der Waals surface area contributed by atoms with E-state index in [9.17, 15) is 10.5 Å². The average Bonchev–Trinajstić information content (AvgIpc) is 3.49. The van der Waals surface area contributed by atoms with Crippen molar-refractivity contribution >= 4 is 38.1 Å². The van der Waals surface area contributed by atoms with Gasteiger partial charge in [0.1, 0.15) is 0 Å². The van der Waals surface area contributed by atoms with Crippen LogP contribution in [0.1, 0.15) is 132 Å². The lowest BCUT2D eigenvalue weighted by molar-refractivity contribution is 0.166. The SMILES string of the molecule is Cc1c(C#N)c2c(c3c4cc(-c5ccccc5)cc5c6c7c(c(C#N)c(C)c6n(c13)c45)C1CC3CC(C1)CC7C3)C1CC3CC(CC2C3)C1. The van der Waals surface area contributed by atoms with Crippen molar-refractivity contribution < 1.29 is 0 Å². The molecule has 8 bridgehead atoms. The van der Waals surface area contributed by atoms with Gasteiger partial charge in [-0.2, -0.15) is 10.5 Å². The Kier molecular flexibility index (Phi) is 5.19. The van der Waals surface area contributed by atoms with Crippen LogP contribution in [-0.2, 0) is 0 Å². The largest absolute Gasteiger partial charge is 0.307 e. The molecule has 0 radical (unpaired) electrons. The van der Waals surface area contributed by atoms with Crippen LogP contribution in [0.15, 0.2) is 42.5 Å². The monoisotopic (exact) mass is 635 g/mol. The Bertz CT molecular complexity index is 2370. The van der Waals surface area contributed by atoms with E-state index < -0.39 is 0 Å². The van der Waals surface area contributed by atoms with Crippen molar-refractivity contribution in [3.05, 3.63) is 87.0 Å². The third-order valence-electron chi connectivity index (χ3n) is 15.2. The van der Waals surface area contributed by atoms with Crippen LogP contribution in [0.25, 0.3) is 49.2 Å². The van der Waals surface area contributed by atoms with Gasteiger partial charge in [-0.25, -0.2) is 0 Å². The van der Waals surface area contributed by atoms with Gasteiger partial charge in [0.2, 0.25) is 0 Å². The van der Waals surface area contributed by atoms with Crippen LogP contribution in [-0.4, -0.2) is 4.40 Å². The van der Waals surface area contributed by atoms with Gasteiger partial charge in [0, 0.05) is 21.5 Å². The average molecular weight is 636 g/mol. The smallest absolute Gasteiger partial charge is 0.0998 e. The zero-order chi connectivity index (χ0) is 32.4. The first-order valence-electron chi connectivity index (χ1n) is 19.3. The highest BCUT2D eigenvalue weighted by Crippen LogP contribution is 2.62.